The molecule has 0 bridgehead atoms. The van der Waals surface area contributed by atoms with E-state index in [0.717, 1.165) is 35.3 Å². The molecular weight excluding hydrogens is 482 g/mol. The summed E-state index contributed by atoms with van der Waals surface area (Å²) in [7, 11) is 0. The lowest BCUT2D eigenvalue weighted by Gasteiger charge is -2.27. The predicted molar refractivity (Wildman–Crippen MR) is 123 cm³/mol. The zero-order valence-electron chi connectivity index (χ0n) is 17.2. The Morgan fingerprint density at radius 3 is 2.55 bits per heavy atom. The maximum absolute atomic E-state index is 13.2. The monoisotopic (exact) mass is 505 g/mol. The molecule has 2 N–H and O–H groups in total. The van der Waals surface area contributed by atoms with Gasteiger partial charge in [0.1, 0.15) is 5.54 Å². The minimum atomic E-state index is -1.13. The fourth-order valence-electron chi connectivity index (χ4n) is 3.94. The molecule has 31 heavy (non-hydrogen) atoms. The third kappa shape index (κ3) is 4.68. The van der Waals surface area contributed by atoms with Crippen LogP contribution in [-0.4, -0.2) is 54.5 Å². The standard InChI is InChI=1S/C22H24BrN3O4S/c1-14-12-15(4-5-16(14)20(28)26-9-2-3-10-26)24-21(29)22(8-11-30-13-22)25-19(27)17-6-7-18(23)31-17/h4-7,12H,2-3,8-11,13H2,1H3,(H,24,29)(H,25,27)/t22-/m1/s1. The molecule has 0 aliphatic carbocycles. The number of carbonyl (C=O) groups is 3. The number of thiophene rings is 1. The van der Waals surface area contributed by atoms with Crippen LogP contribution in [-0.2, 0) is 9.53 Å². The van der Waals surface area contributed by atoms with E-state index >= 15 is 0 Å². The van der Waals surface area contributed by atoms with Crippen molar-refractivity contribution >= 4 is 50.7 Å². The van der Waals surface area contributed by atoms with Crippen molar-refractivity contribution in [1.29, 1.82) is 0 Å². The van der Waals surface area contributed by atoms with Crippen molar-refractivity contribution in [3.63, 3.8) is 0 Å². The van der Waals surface area contributed by atoms with E-state index in [1.165, 1.54) is 11.3 Å². The Morgan fingerprint density at radius 2 is 1.94 bits per heavy atom. The molecule has 0 saturated carbocycles. The Balaban J connectivity index is 1.48. The summed E-state index contributed by atoms with van der Waals surface area (Å²) >= 11 is 4.66. The van der Waals surface area contributed by atoms with E-state index in [2.05, 4.69) is 26.6 Å². The van der Waals surface area contributed by atoms with E-state index in [4.69, 9.17) is 4.74 Å². The second-order valence-corrected chi connectivity index (χ2v) is 10.4. The highest BCUT2D eigenvalue weighted by atomic mass is 79.9. The average molecular weight is 506 g/mol. The molecule has 2 aliphatic rings. The highest BCUT2D eigenvalue weighted by Crippen LogP contribution is 2.26. The first-order valence-electron chi connectivity index (χ1n) is 10.2. The molecule has 1 aromatic heterocycles. The molecule has 2 aliphatic heterocycles. The van der Waals surface area contributed by atoms with E-state index in [0.29, 0.717) is 29.2 Å². The van der Waals surface area contributed by atoms with Gasteiger partial charge < -0.3 is 20.3 Å². The molecule has 0 spiro atoms. The van der Waals surface area contributed by atoms with Crippen LogP contribution >= 0.6 is 27.3 Å². The molecule has 3 heterocycles. The van der Waals surface area contributed by atoms with Gasteiger partial charge in [-0.05, 0) is 71.6 Å². The molecule has 0 unspecified atom stereocenters. The topological polar surface area (TPSA) is 87.7 Å². The molecule has 2 saturated heterocycles. The number of amides is 3. The van der Waals surface area contributed by atoms with Gasteiger partial charge in [0.15, 0.2) is 0 Å². The van der Waals surface area contributed by atoms with E-state index < -0.39 is 5.54 Å². The third-order valence-corrected chi connectivity index (χ3v) is 7.34. The van der Waals surface area contributed by atoms with E-state index in [1.807, 2.05) is 11.8 Å². The quantitative estimate of drug-likeness (QED) is 0.649. The fourth-order valence-corrected chi connectivity index (χ4v) is 5.22. The molecule has 0 radical (unpaired) electrons. The first kappa shape index (κ1) is 22.0. The maximum atomic E-state index is 13.2. The second kappa shape index (κ2) is 9.10. The number of ether oxygens (including phenoxy) is 1. The molecule has 3 amide bonds. The summed E-state index contributed by atoms with van der Waals surface area (Å²) in [6.45, 7) is 3.95. The highest BCUT2D eigenvalue weighted by Gasteiger charge is 2.44. The van der Waals surface area contributed by atoms with Gasteiger partial charge in [0.2, 0.25) is 0 Å². The van der Waals surface area contributed by atoms with Crippen molar-refractivity contribution in [1.82, 2.24) is 10.2 Å². The number of anilines is 1. The smallest absolute Gasteiger partial charge is 0.262 e. The SMILES string of the molecule is Cc1cc(NC(=O)[C@@]2(NC(=O)c3ccc(Br)s3)CCOC2)ccc1C(=O)N1CCCC1. The highest BCUT2D eigenvalue weighted by molar-refractivity contribution is 9.11. The number of halogens is 1. The van der Waals surface area contributed by atoms with Gasteiger partial charge in [0.05, 0.1) is 15.3 Å². The van der Waals surface area contributed by atoms with Crippen LogP contribution < -0.4 is 10.6 Å². The molecule has 1 atom stereocenters. The van der Waals surface area contributed by atoms with Gasteiger partial charge in [-0.1, -0.05) is 0 Å². The van der Waals surface area contributed by atoms with Gasteiger partial charge >= 0.3 is 0 Å². The van der Waals surface area contributed by atoms with Gasteiger partial charge in [-0.2, -0.15) is 0 Å². The number of aryl methyl sites for hydroxylation is 1. The fraction of sp³-hybridized carbons (Fsp3) is 0.409. The number of nitrogens with one attached hydrogen (secondary N) is 2. The zero-order chi connectivity index (χ0) is 22.0. The molecular formula is C22H24BrN3O4S. The summed E-state index contributed by atoms with van der Waals surface area (Å²) in [5.41, 5.74) is 0.903. The number of hydrogen-bond donors (Lipinski definition) is 2. The van der Waals surface area contributed by atoms with Crippen LogP contribution in [0.3, 0.4) is 0 Å². The summed E-state index contributed by atoms with van der Waals surface area (Å²) in [4.78, 5) is 40.9. The van der Waals surface area contributed by atoms with Crippen molar-refractivity contribution < 1.29 is 19.1 Å². The molecule has 1 aromatic carbocycles. The van der Waals surface area contributed by atoms with Crippen LogP contribution in [0.4, 0.5) is 5.69 Å². The van der Waals surface area contributed by atoms with Crippen LogP contribution in [0.5, 0.6) is 0 Å². The largest absolute Gasteiger partial charge is 0.378 e. The average Bonchev–Trinajstić information content (AvgIpc) is 3.50. The normalized spacial score (nSPS) is 20.6. The maximum Gasteiger partial charge on any atom is 0.262 e. The van der Waals surface area contributed by atoms with Crippen LogP contribution in [0.15, 0.2) is 34.1 Å². The summed E-state index contributed by atoms with van der Waals surface area (Å²) in [5.74, 6) is -0.603. The lowest BCUT2D eigenvalue weighted by molar-refractivity contribution is -0.122. The number of hydrogen-bond acceptors (Lipinski definition) is 5. The molecule has 4 rings (SSSR count). The second-order valence-electron chi connectivity index (χ2n) is 7.93. The van der Waals surface area contributed by atoms with Crippen molar-refractivity contribution in [2.75, 3.05) is 31.6 Å². The van der Waals surface area contributed by atoms with Crippen molar-refractivity contribution in [3.8, 4) is 0 Å². The minimum absolute atomic E-state index is 0.0305. The van der Waals surface area contributed by atoms with Gasteiger partial charge in [0.25, 0.3) is 17.7 Å². The van der Waals surface area contributed by atoms with Crippen LogP contribution in [0.1, 0.15) is 44.9 Å². The van der Waals surface area contributed by atoms with Gasteiger partial charge in [0, 0.05) is 37.4 Å². The Hall–Kier alpha value is -2.23. The van der Waals surface area contributed by atoms with Gasteiger partial charge in [-0.15, -0.1) is 11.3 Å². The van der Waals surface area contributed by atoms with Crippen molar-refractivity contribution in [2.45, 2.75) is 31.7 Å². The zero-order valence-corrected chi connectivity index (χ0v) is 19.6. The summed E-state index contributed by atoms with van der Waals surface area (Å²) < 4.78 is 6.31. The number of carbonyl (C=O) groups excluding carboxylic acids is 3. The predicted octanol–water partition coefficient (Wildman–Crippen LogP) is 3.58. The minimum Gasteiger partial charge on any atom is -0.378 e. The number of likely N-dealkylation sites (tertiary alicyclic amines) is 1. The van der Waals surface area contributed by atoms with Gasteiger partial charge in [-0.25, -0.2) is 0 Å². The number of nitrogens with zero attached hydrogens (tertiary/aromatic N) is 1. The lowest BCUT2D eigenvalue weighted by Crippen LogP contribution is -2.57. The number of rotatable bonds is 5. The van der Waals surface area contributed by atoms with Crippen LogP contribution in [0.2, 0.25) is 0 Å². The summed E-state index contributed by atoms with van der Waals surface area (Å²) in [6.07, 6.45) is 2.47. The summed E-state index contributed by atoms with van der Waals surface area (Å²) in [6, 6.07) is 8.79. The van der Waals surface area contributed by atoms with Crippen LogP contribution in [0.25, 0.3) is 0 Å². The Bertz CT molecular complexity index is 1010. The molecule has 9 heteroatoms. The van der Waals surface area contributed by atoms with E-state index in [9.17, 15) is 14.4 Å². The third-order valence-electron chi connectivity index (χ3n) is 5.71. The first-order valence-corrected chi connectivity index (χ1v) is 11.9. The number of benzene rings is 1. The summed E-state index contributed by atoms with van der Waals surface area (Å²) in [5, 5.41) is 5.77. The Labute approximate surface area is 193 Å². The Morgan fingerprint density at radius 1 is 1.16 bits per heavy atom. The first-order chi connectivity index (χ1) is 14.9. The Kier molecular flexibility index (Phi) is 6.45. The molecule has 164 valence electrons. The molecule has 2 aromatic rings. The molecule has 7 nitrogen and oxygen atoms in total. The van der Waals surface area contributed by atoms with Crippen molar-refractivity contribution in [3.05, 3.63) is 50.1 Å². The lowest BCUT2D eigenvalue weighted by atomic mass is 9.96. The van der Waals surface area contributed by atoms with Gasteiger partial charge in [-0.3, -0.25) is 14.4 Å². The van der Waals surface area contributed by atoms with Crippen molar-refractivity contribution in [2.24, 2.45) is 0 Å². The van der Waals surface area contributed by atoms with Crippen LogP contribution in [0, 0.1) is 6.92 Å². The van der Waals surface area contributed by atoms with E-state index in [-0.39, 0.29) is 24.3 Å². The van der Waals surface area contributed by atoms with E-state index in [1.54, 1.807) is 30.3 Å². The molecule has 2 fully saturated rings.